The summed E-state index contributed by atoms with van der Waals surface area (Å²) in [5, 5.41) is 9.78. The second-order valence-electron chi connectivity index (χ2n) is 9.90. The Balaban J connectivity index is 1.43. The maximum atomic E-state index is 12.7. The molecule has 6 heteroatoms. The quantitative estimate of drug-likeness (QED) is 0.682. The summed E-state index contributed by atoms with van der Waals surface area (Å²) in [6, 6.07) is 4.62. The van der Waals surface area contributed by atoms with E-state index in [2.05, 4.69) is 40.8 Å². The van der Waals surface area contributed by atoms with Gasteiger partial charge < -0.3 is 14.9 Å². The molecule has 1 atom stereocenters. The van der Waals surface area contributed by atoms with E-state index in [1.54, 1.807) is 25.2 Å². The lowest BCUT2D eigenvalue weighted by Gasteiger charge is -2.36. The fourth-order valence-electron chi connectivity index (χ4n) is 4.59. The smallest absolute Gasteiger partial charge is 0.222 e. The van der Waals surface area contributed by atoms with Crippen LogP contribution in [0.5, 0.6) is 0 Å². The van der Waals surface area contributed by atoms with Gasteiger partial charge in [0.2, 0.25) is 5.91 Å². The molecule has 31 heavy (non-hydrogen) atoms. The number of thiophene rings is 1. The average Bonchev–Trinajstić information content (AvgIpc) is 3.18. The maximum absolute atomic E-state index is 12.7. The Bertz CT molecular complexity index is 781. The van der Waals surface area contributed by atoms with Gasteiger partial charge in [0.05, 0.1) is 4.88 Å². The molecule has 2 saturated heterocycles. The minimum Gasteiger partial charge on any atom is -0.378 e. The van der Waals surface area contributed by atoms with Gasteiger partial charge >= 0.3 is 0 Å². The first-order valence-corrected chi connectivity index (χ1v) is 12.5. The summed E-state index contributed by atoms with van der Waals surface area (Å²) in [6.45, 7) is 8.75. The molecule has 1 N–H and O–H groups in total. The lowest BCUT2D eigenvalue weighted by molar-refractivity contribution is -0.133. The third-order valence-corrected chi connectivity index (χ3v) is 7.52. The van der Waals surface area contributed by atoms with E-state index in [4.69, 9.17) is 0 Å². The van der Waals surface area contributed by atoms with E-state index in [9.17, 15) is 9.90 Å². The van der Waals surface area contributed by atoms with Crippen LogP contribution in [0, 0.1) is 17.8 Å². The minimum absolute atomic E-state index is 0.319. The predicted octanol–water partition coefficient (Wildman–Crippen LogP) is 3.42. The molecule has 1 aromatic rings. The van der Waals surface area contributed by atoms with Crippen LogP contribution < -0.4 is 0 Å². The van der Waals surface area contributed by atoms with Crippen molar-refractivity contribution in [3.05, 3.63) is 21.9 Å². The van der Waals surface area contributed by atoms with Crippen LogP contribution in [0.3, 0.4) is 0 Å². The monoisotopic (exact) mass is 445 g/mol. The first kappa shape index (κ1) is 24.3. The van der Waals surface area contributed by atoms with Crippen molar-refractivity contribution in [3.8, 4) is 11.8 Å². The summed E-state index contributed by atoms with van der Waals surface area (Å²) in [4.78, 5) is 22.0. The van der Waals surface area contributed by atoms with Gasteiger partial charge in [0.25, 0.3) is 0 Å². The molecule has 0 aliphatic carbocycles. The van der Waals surface area contributed by atoms with Gasteiger partial charge in [0.15, 0.2) is 0 Å². The molecule has 1 unspecified atom stereocenters. The standard InChI is InChI=1S/C25H39N3O2S/c1-25(2,30)14-11-22-8-9-23(31-22)19-28-15-5-6-20(18-28)7-10-24(29)27(4)21-12-16-26(3)17-13-21/h8-9,20-21,30H,5-7,10,12-13,15-19H2,1-4H3. The number of carbonyl (C=O) groups is 1. The molecule has 3 heterocycles. The third-order valence-electron chi connectivity index (χ3n) is 6.53. The van der Waals surface area contributed by atoms with Gasteiger partial charge in [-0.05, 0) is 90.7 Å². The number of carbonyl (C=O) groups excluding carboxylic acids is 1. The number of aliphatic hydroxyl groups is 1. The van der Waals surface area contributed by atoms with Gasteiger partial charge in [-0.25, -0.2) is 0 Å². The van der Waals surface area contributed by atoms with Crippen molar-refractivity contribution in [1.82, 2.24) is 14.7 Å². The van der Waals surface area contributed by atoms with Crippen LogP contribution in [0.15, 0.2) is 12.1 Å². The molecule has 1 amide bonds. The van der Waals surface area contributed by atoms with E-state index in [1.807, 2.05) is 11.9 Å². The molecule has 5 nitrogen and oxygen atoms in total. The maximum Gasteiger partial charge on any atom is 0.222 e. The van der Waals surface area contributed by atoms with Crippen LogP contribution in [-0.2, 0) is 11.3 Å². The molecule has 2 aliphatic rings. The average molecular weight is 446 g/mol. The highest BCUT2D eigenvalue weighted by atomic mass is 32.1. The fourth-order valence-corrected chi connectivity index (χ4v) is 5.49. The Hall–Kier alpha value is -1.39. The molecule has 3 rings (SSSR count). The number of piperidine rings is 2. The molecule has 2 aliphatic heterocycles. The highest BCUT2D eigenvalue weighted by Gasteiger charge is 2.26. The third kappa shape index (κ3) is 7.91. The fraction of sp³-hybridized carbons (Fsp3) is 0.720. The number of hydrogen-bond acceptors (Lipinski definition) is 5. The van der Waals surface area contributed by atoms with Crippen LogP contribution in [0.4, 0.5) is 0 Å². The Morgan fingerprint density at radius 2 is 2.00 bits per heavy atom. The lowest BCUT2D eigenvalue weighted by atomic mass is 9.93. The number of amides is 1. The van der Waals surface area contributed by atoms with Crippen LogP contribution >= 0.6 is 11.3 Å². The summed E-state index contributed by atoms with van der Waals surface area (Å²) in [6.07, 6.45) is 6.31. The van der Waals surface area contributed by atoms with Gasteiger partial charge in [-0.3, -0.25) is 9.69 Å². The molecule has 0 bridgehead atoms. The second kappa shape index (κ2) is 11.0. The number of likely N-dealkylation sites (tertiary alicyclic amines) is 2. The van der Waals surface area contributed by atoms with Crippen molar-refractivity contribution in [3.63, 3.8) is 0 Å². The van der Waals surface area contributed by atoms with E-state index in [1.165, 1.54) is 17.7 Å². The van der Waals surface area contributed by atoms with Crippen LogP contribution in [0.2, 0.25) is 0 Å². The molecular formula is C25H39N3O2S. The van der Waals surface area contributed by atoms with E-state index < -0.39 is 5.60 Å². The van der Waals surface area contributed by atoms with E-state index in [0.29, 0.717) is 24.3 Å². The summed E-state index contributed by atoms with van der Waals surface area (Å²) in [5.41, 5.74) is -0.955. The number of hydrogen-bond donors (Lipinski definition) is 1. The van der Waals surface area contributed by atoms with Crippen LogP contribution in [0.1, 0.15) is 62.1 Å². The topological polar surface area (TPSA) is 47.0 Å². The second-order valence-corrected chi connectivity index (χ2v) is 11.1. The molecule has 0 spiro atoms. The van der Waals surface area contributed by atoms with Gasteiger partial charge in [-0.15, -0.1) is 11.3 Å². The summed E-state index contributed by atoms with van der Waals surface area (Å²) in [5.74, 6) is 6.90. The normalized spacial score (nSPS) is 21.5. The lowest BCUT2D eigenvalue weighted by Crippen LogP contribution is -2.44. The molecule has 0 aromatic carbocycles. The van der Waals surface area contributed by atoms with Crippen LogP contribution in [-0.4, -0.2) is 77.6 Å². The molecule has 0 saturated carbocycles. The van der Waals surface area contributed by atoms with Gasteiger partial charge in [-0.2, -0.15) is 0 Å². The highest BCUT2D eigenvalue weighted by molar-refractivity contribution is 7.12. The minimum atomic E-state index is -0.955. The zero-order chi connectivity index (χ0) is 22.4. The van der Waals surface area contributed by atoms with Crippen molar-refractivity contribution < 1.29 is 9.90 Å². The zero-order valence-corrected chi connectivity index (χ0v) is 20.5. The van der Waals surface area contributed by atoms with Crippen molar-refractivity contribution in [2.24, 2.45) is 5.92 Å². The SMILES string of the molecule is CN1CCC(N(C)C(=O)CCC2CCCN(Cc3ccc(C#CC(C)(C)O)s3)C2)CC1. The van der Waals surface area contributed by atoms with Crippen molar-refractivity contribution >= 4 is 17.2 Å². The summed E-state index contributed by atoms with van der Waals surface area (Å²) in [7, 11) is 4.16. The highest BCUT2D eigenvalue weighted by Crippen LogP contribution is 2.25. The van der Waals surface area contributed by atoms with E-state index >= 15 is 0 Å². The van der Waals surface area contributed by atoms with Crippen molar-refractivity contribution in [2.75, 3.05) is 40.3 Å². The molecule has 2 fully saturated rings. The van der Waals surface area contributed by atoms with Crippen molar-refractivity contribution in [2.45, 2.75) is 70.6 Å². The predicted molar refractivity (Wildman–Crippen MR) is 128 cm³/mol. The zero-order valence-electron chi connectivity index (χ0n) is 19.7. The Morgan fingerprint density at radius 1 is 1.26 bits per heavy atom. The van der Waals surface area contributed by atoms with Gasteiger partial charge in [-0.1, -0.05) is 11.8 Å². The summed E-state index contributed by atoms with van der Waals surface area (Å²) < 4.78 is 0. The van der Waals surface area contributed by atoms with Crippen LogP contribution in [0.25, 0.3) is 0 Å². The Kier molecular flexibility index (Phi) is 8.58. The number of rotatable bonds is 6. The largest absolute Gasteiger partial charge is 0.378 e. The first-order valence-electron chi connectivity index (χ1n) is 11.7. The van der Waals surface area contributed by atoms with Gasteiger partial charge in [0.1, 0.15) is 5.60 Å². The molecule has 0 radical (unpaired) electrons. The Labute approximate surface area is 192 Å². The Morgan fingerprint density at radius 3 is 2.71 bits per heavy atom. The molecular weight excluding hydrogens is 406 g/mol. The van der Waals surface area contributed by atoms with E-state index in [-0.39, 0.29) is 0 Å². The first-order chi connectivity index (χ1) is 14.7. The van der Waals surface area contributed by atoms with E-state index in [0.717, 1.165) is 56.9 Å². The van der Waals surface area contributed by atoms with Crippen molar-refractivity contribution in [1.29, 1.82) is 0 Å². The summed E-state index contributed by atoms with van der Waals surface area (Å²) >= 11 is 1.72. The number of nitrogens with zero attached hydrogens (tertiary/aromatic N) is 3. The molecule has 1 aromatic heterocycles. The molecule has 172 valence electrons. The van der Waals surface area contributed by atoms with Gasteiger partial charge in [0, 0.05) is 37.5 Å².